The van der Waals surface area contributed by atoms with Gasteiger partial charge in [0.2, 0.25) is 5.91 Å². The van der Waals surface area contributed by atoms with E-state index < -0.39 is 0 Å². The van der Waals surface area contributed by atoms with E-state index in [-0.39, 0.29) is 17.7 Å². The van der Waals surface area contributed by atoms with Gasteiger partial charge in [0.05, 0.1) is 11.5 Å². The molecule has 2 amide bonds. The van der Waals surface area contributed by atoms with Crippen molar-refractivity contribution in [2.75, 3.05) is 13.1 Å². The van der Waals surface area contributed by atoms with Crippen LogP contribution in [0.4, 0.5) is 0 Å². The van der Waals surface area contributed by atoms with Crippen LogP contribution >= 0.6 is 0 Å². The van der Waals surface area contributed by atoms with Crippen LogP contribution < -0.4 is 5.73 Å². The molecule has 1 saturated heterocycles. The van der Waals surface area contributed by atoms with Crippen molar-refractivity contribution >= 4 is 11.8 Å². The molecule has 1 aliphatic heterocycles. The molecular weight excluding hydrogens is 278 g/mol. The Labute approximate surface area is 128 Å². The second-order valence-corrected chi connectivity index (χ2v) is 5.51. The van der Waals surface area contributed by atoms with E-state index in [4.69, 9.17) is 5.73 Å². The first kappa shape index (κ1) is 14.3. The minimum Gasteiger partial charge on any atom is -0.369 e. The molecular formula is C17H17N3O2. The zero-order valence-electron chi connectivity index (χ0n) is 12.1. The highest BCUT2D eigenvalue weighted by Crippen LogP contribution is 2.18. The van der Waals surface area contributed by atoms with Gasteiger partial charge in [-0.3, -0.25) is 14.6 Å². The van der Waals surface area contributed by atoms with Crippen LogP contribution in [-0.4, -0.2) is 34.8 Å². The van der Waals surface area contributed by atoms with Gasteiger partial charge in [-0.15, -0.1) is 0 Å². The first-order chi connectivity index (χ1) is 10.6. The summed E-state index contributed by atoms with van der Waals surface area (Å²) in [6.07, 6.45) is 2.33. The number of carbonyl (C=O) groups excluding carboxylic acids is 2. The fourth-order valence-electron chi connectivity index (χ4n) is 2.47. The second-order valence-electron chi connectivity index (χ2n) is 5.51. The maximum atomic E-state index is 12.2. The van der Waals surface area contributed by atoms with Crippen LogP contribution in [0.1, 0.15) is 21.6 Å². The summed E-state index contributed by atoms with van der Waals surface area (Å²) in [5.74, 6) is -0.661. The number of nitrogens with two attached hydrogens (primary N) is 1. The van der Waals surface area contributed by atoms with Gasteiger partial charge in [0.25, 0.3) is 5.91 Å². The number of rotatable bonds is 4. The van der Waals surface area contributed by atoms with Crippen molar-refractivity contribution in [3.8, 4) is 0 Å². The molecule has 2 N–H and O–H groups in total. The number of nitrogens with zero attached hydrogens (tertiary/aromatic N) is 2. The highest BCUT2D eigenvalue weighted by atomic mass is 16.2. The number of primary amides is 1. The average molecular weight is 295 g/mol. The number of carbonyl (C=O) groups is 2. The lowest BCUT2D eigenvalue weighted by molar-refractivity contribution is -0.125. The first-order valence-corrected chi connectivity index (χ1v) is 7.21. The summed E-state index contributed by atoms with van der Waals surface area (Å²) in [7, 11) is 0. The summed E-state index contributed by atoms with van der Waals surface area (Å²) in [4.78, 5) is 29.1. The molecule has 0 saturated carbocycles. The molecule has 1 aromatic heterocycles. The molecule has 0 spiro atoms. The standard InChI is InChI=1S/C17H17N3O2/c18-16(21)14-10-20(11-14)17(22)13-6-7-15(19-9-13)8-12-4-2-1-3-5-12/h1-7,9,14H,8,10-11H2,(H2,18,21). The SMILES string of the molecule is NC(=O)C1CN(C(=O)c2ccc(Cc3ccccc3)nc2)C1. The fraction of sp³-hybridized carbons (Fsp3) is 0.235. The largest absolute Gasteiger partial charge is 0.369 e. The Balaban J connectivity index is 1.62. The summed E-state index contributed by atoms with van der Waals surface area (Å²) in [5, 5.41) is 0. The van der Waals surface area contributed by atoms with Gasteiger partial charge in [0.15, 0.2) is 0 Å². The van der Waals surface area contributed by atoms with E-state index >= 15 is 0 Å². The van der Waals surface area contributed by atoms with Crippen molar-refractivity contribution in [1.29, 1.82) is 0 Å². The van der Waals surface area contributed by atoms with Crippen LogP contribution in [-0.2, 0) is 11.2 Å². The monoisotopic (exact) mass is 295 g/mol. The van der Waals surface area contributed by atoms with E-state index in [1.807, 2.05) is 36.4 Å². The predicted octanol–water partition coefficient (Wildman–Crippen LogP) is 1.23. The summed E-state index contributed by atoms with van der Waals surface area (Å²) in [6, 6.07) is 13.7. The Bertz CT molecular complexity index is 677. The molecule has 0 radical (unpaired) electrons. The van der Waals surface area contributed by atoms with Crippen LogP contribution in [0.15, 0.2) is 48.7 Å². The lowest BCUT2D eigenvalue weighted by Crippen LogP contribution is -2.54. The quantitative estimate of drug-likeness (QED) is 0.921. The highest BCUT2D eigenvalue weighted by Gasteiger charge is 2.34. The van der Waals surface area contributed by atoms with Gasteiger partial charge < -0.3 is 10.6 Å². The van der Waals surface area contributed by atoms with Gasteiger partial charge in [0, 0.05) is 31.4 Å². The van der Waals surface area contributed by atoms with E-state index in [2.05, 4.69) is 4.98 Å². The third-order valence-corrected chi connectivity index (χ3v) is 3.87. The number of hydrogen-bond donors (Lipinski definition) is 1. The Morgan fingerprint density at radius 2 is 1.86 bits per heavy atom. The van der Waals surface area contributed by atoms with E-state index in [9.17, 15) is 9.59 Å². The molecule has 112 valence electrons. The van der Waals surface area contributed by atoms with Crippen molar-refractivity contribution in [3.05, 3.63) is 65.5 Å². The first-order valence-electron chi connectivity index (χ1n) is 7.21. The molecule has 0 aliphatic carbocycles. The van der Waals surface area contributed by atoms with Crippen molar-refractivity contribution in [1.82, 2.24) is 9.88 Å². The molecule has 5 heteroatoms. The molecule has 1 aromatic carbocycles. The number of amides is 2. The third-order valence-electron chi connectivity index (χ3n) is 3.87. The zero-order chi connectivity index (χ0) is 15.5. The maximum absolute atomic E-state index is 12.2. The van der Waals surface area contributed by atoms with Crippen molar-refractivity contribution < 1.29 is 9.59 Å². The van der Waals surface area contributed by atoms with Gasteiger partial charge in [0.1, 0.15) is 0 Å². The number of pyridine rings is 1. The average Bonchev–Trinajstić information content (AvgIpc) is 2.47. The van der Waals surface area contributed by atoms with E-state index in [1.165, 1.54) is 5.56 Å². The molecule has 0 unspecified atom stereocenters. The minimum absolute atomic E-state index is 0.101. The second kappa shape index (κ2) is 5.97. The van der Waals surface area contributed by atoms with E-state index in [0.29, 0.717) is 18.7 Å². The highest BCUT2D eigenvalue weighted by molar-refractivity contribution is 5.95. The van der Waals surface area contributed by atoms with Crippen LogP contribution in [0, 0.1) is 5.92 Å². The molecule has 1 aliphatic rings. The Morgan fingerprint density at radius 1 is 1.14 bits per heavy atom. The van der Waals surface area contributed by atoms with Crippen LogP contribution in [0.3, 0.4) is 0 Å². The zero-order valence-corrected chi connectivity index (χ0v) is 12.1. The van der Waals surface area contributed by atoms with Crippen molar-refractivity contribution in [2.24, 2.45) is 11.7 Å². The maximum Gasteiger partial charge on any atom is 0.255 e. The van der Waals surface area contributed by atoms with Gasteiger partial charge in [-0.1, -0.05) is 30.3 Å². The molecule has 3 rings (SSSR count). The minimum atomic E-state index is -0.347. The lowest BCUT2D eigenvalue weighted by atomic mass is 9.98. The summed E-state index contributed by atoms with van der Waals surface area (Å²) >= 11 is 0. The number of aromatic nitrogens is 1. The van der Waals surface area contributed by atoms with Gasteiger partial charge in [-0.2, -0.15) is 0 Å². The normalized spacial score (nSPS) is 14.5. The fourth-order valence-corrected chi connectivity index (χ4v) is 2.47. The molecule has 22 heavy (non-hydrogen) atoms. The lowest BCUT2D eigenvalue weighted by Gasteiger charge is -2.37. The van der Waals surface area contributed by atoms with Crippen LogP contribution in [0.25, 0.3) is 0 Å². The number of likely N-dealkylation sites (tertiary alicyclic amines) is 1. The molecule has 5 nitrogen and oxygen atoms in total. The summed E-state index contributed by atoms with van der Waals surface area (Å²) in [5.41, 5.74) is 7.84. The van der Waals surface area contributed by atoms with Gasteiger partial charge in [-0.25, -0.2) is 0 Å². The van der Waals surface area contributed by atoms with E-state index in [1.54, 1.807) is 17.2 Å². The molecule has 2 aromatic rings. The third kappa shape index (κ3) is 2.98. The van der Waals surface area contributed by atoms with Crippen LogP contribution in [0.5, 0.6) is 0 Å². The number of benzene rings is 1. The number of hydrogen-bond acceptors (Lipinski definition) is 3. The predicted molar refractivity (Wildman–Crippen MR) is 82.1 cm³/mol. The molecule has 0 bridgehead atoms. The topological polar surface area (TPSA) is 76.3 Å². The Morgan fingerprint density at radius 3 is 2.45 bits per heavy atom. The van der Waals surface area contributed by atoms with E-state index in [0.717, 1.165) is 12.1 Å². The Hall–Kier alpha value is -2.69. The van der Waals surface area contributed by atoms with Crippen molar-refractivity contribution in [3.63, 3.8) is 0 Å². The van der Waals surface area contributed by atoms with Crippen molar-refractivity contribution in [2.45, 2.75) is 6.42 Å². The Kier molecular flexibility index (Phi) is 3.87. The summed E-state index contributed by atoms with van der Waals surface area (Å²) < 4.78 is 0. The van der Waals surface area contributed by atoms with Crippen LogP contribution in [0.2, 0.25) is 0 Å². The summed E-state index contributed by atoms with van der Waals surface area (Å²) in [6.45, 7) is 0.805. The smallest absolute Gasteiger partial charge is 0.255 e. The van der Waals surface area contributed by atoms with Gasteiger partial charge in [-0.05, 0) is 17.7 Å². The van der Waals surface area contributed by atoms with Gasteiger partial charge >= 0.3 is 0 Å². The molecule has 1 fully saturated rings. The molecule has 2 heterocycles. The molecule has 0 atom stereocenters.